The van der Waals surface area contributed by atoms with Gasteiger partial charge in [-0.15, -0.1) is 0 Å². The fraction of sp³-hybridized carbons (Fsp3) is 0.167. The number of likely N-dealkylation sites (N-methyl/N-ethyl adjacent to an activating group) is 1. The second-order valence-corrected chi connectivity index (χ2v) is 8.33. The lowest BCUT2D eigenvalue weighted by atomic mass is 9.93. The van der Waals surface area contributed by atoms with Gasteiger partial charge in [-0.25, -0.2) is 4.68 Å². The lowest BCUT2D eigenvalue weighted by Gasteiger charge is -2.33. The van der Waals surface area contributed by atoms with Crippen molar-refractivity contribution in [3.63, 3.8) is 0 Å². The standard InChI is InChI=1S/C18H15Cl2N6S/c1-10-16(18-21-8-15-26(18,2)9-23-27-15)17(25-14(24-10)5-6-22-25)11-3-4-12(19)13(20)7-11/h3-9,17,24H,1-2H3/q+1. The average molecular weight is 418 g/mol. The first-order valence-electron chi connectivity index (χ1n) is 8.32. The third kappa shape index (κ3) is 2.42. The highest BCUT2D eigenvalue weighted by Gasteiger charge is 2.48. The van der Waals surface area contributed by atoms with E-state index in [1.807, 2.05) is 41.5 Å². The second-order valence-electron chi connectivity index (χ2n) is 6.71. The average Bonchev–Trinajstić information content (AvgIpc) is 3.31. The minimum atomic E-state index is -0.175. The molecule has 3 aliphatic rings. The van der Waals surface area contributed by atoms with Crippen molar-refractivity contribution in [1.82, 2.24) is 9.78 Å². The third-order valence-electron chi connectivity index (χ3n) is 5.03. The van der Waals surface area contributed by atoms with Gasteiger partial charge in [0.2, 0.25) is 17.2 Å². The predicted octanol–water partition coefficient (Wildman–Crippen LogP) is 4.83. The zero-order valence-corrected chi connectivity index (χ0v) is 16.8. The molecule has 0 amide bonds. The molecule has 3 aliphatic heterocycles. The smallest absolute Gasteiger partial charge is 0.246 e. The number of amidine groups is 1. The Kier molecular flexibility index (Phi) is 3.77. The van der Waals surface area contributed by atoms with Crippen LogP contribution in [-0.2, 0) is 0 Å². The fourth-order valence-corrected chi connectivity index (χ4v) is 4.71. The van der Waals surface area contributed by atoms with E-state index in [9.17, 15) is 0 Å². The first-order chi connectivity index (χ1) is 13.0. The van der Waals surface area contributed by atoms with E-state index in [-0.39, 0.29) is 6.04 Å². The summed E-state index contributed by atoms with van der Waals surface area (Å²) in [6.45, 7) is 2.06. The van der Waals surface area contributed by atoms with E-state index < -0.39 is 0 Å². The molecule has 27 heavy (non-hydrogen) atoms. The maximum absolute atomic E-state index is 6.33. The summed E-state index contributed by atoms with van der Waals surface area (Å²) in [5, 5.41) is 10.1. The molecule has 4 heterocycles. The highest BCUT2D eigenvalue weighted by atomic mass is 35.5. The van der Waals surface area contributed by atoms with Crippen LogP contribution in [0.5, 0.6) is 0 Å². The van der Waals surface area contributed by atoms with E-state index >= 15 is 0 Å². The number of benzene rings is 1. The molecule has 2 atom stereocenters. The normalized spacial score (nSPS) is 25.9. The molecule has 1 N–H and O–H groups in total. The highest BCUT2D eigenvalue weighted by molar-refractivity contribution is 8.02. The van der Waals surface area contributed by atoms with Crippen LogP contribution >= 0.6 is 35.1 Å². The summed E-state index contributed by atoms with van der Waals surface area (Å²) in [4.78, 5) is 4.76. The van der Waals surface area contributed by atoms with Crippen LogP contribution in [0.4, 0.5) is 5.82 Å². The molecule has 2 unspecified atom stereocenters. The monoisotopic (exact) mass is 417 g/mol. The van der Waals surface area contributed by atoms with E-state index in [2.05, 4.69) is 28.8 Å². The minimum Gasteiger partial charge on any atom is -0.344 e. The molecule has 1 aromatic heterocycles. The molecule has 2 aromatic rings. The number of aromatic nitrogens is 2. The SMILES string of the molecule is CC1=C(C2=NC=C3SN=C[N+]32C)C(c2ccc(Cl)c(Cl)c2)n2nccc2N1. The number of hydrogen-bond acceptors (Lipinski definition) is 5. The Morgan fingerprint density at radius 3 is 2.89 bits per heavy atom. The molecule has 0 bridgehead atoms. The Morgan fingerprint density at radius 1 is 1.22 bits per heavy atom. The van der Waals surface area contributed by atoms with Crippen molar-refractivity contribution in [2.45, 2.75) is 13.0 Å². The number of quaternary nitrogens is 1. The number of nitrogens with zero attached hydrogens (tertiary/aromatic N) is 5. The number of halogens is 2. The van der Waals surface area contributed by atoms with Gasteiger partial charge in [-0.2, -0.15) is 19.0 Å². The summed E-state index contributed by atoms with van der Waals surface area (Å²) in [6.07, 6.45) is 5.58. The molecular formula is C18H15Cl2N6S+. The molecule has 0 spiro atoms. The number of allylic oxidation sites excluding steroid dienone is 1. The summed E-state index contributed by atoms with van der Waals surface area (Å²) in [7, 11) is 2.09. The Morgan fingerprint density at radius 2 is 2.07 bits per heavy atom. The lowest BCUT2D eigenvalue weighted by molar-refractivity contribution is -0.655. The van der Waals surface area contributed by atoms with Crippen LogP contribution in [0.3, 0.4) is 0 Å². The van der Waals surface area contributed by atoms with Gasteiger partial charge in [0, 0.05) is 11.8 Å². The molecule has 0 radical (unpaired) electrons. The van der Waals surface area contributed by atoms with Crippen molar-refractivity contribution >= 4 is 53.1 Å². The summed E-state index contributed by atoms with van der Waals surface area (Å²) in [5.74, 6) is 1.84. The molecule has 0 fully saturated rings. The second kappa shape index (κ2) is 5.97. The molecule has 6 nitrogen and oxygen atoms in total. The summed E-state index contributed by atoms with van der Waals surface area (Å²) in [5.41, 5.74) is 3.07. The molecule has 0 aliphatic carbocycles. The largest absolute Gasteiger partial charge is 0.344 e. The van der Waals surface area contributed by atoms with Gasteiger partial charge in [-0.05, 0) is 24.6 Å². The Balaban J connectivity index is 1.71. The Labute approximate surface area is 170 Å². The van der Waals surface area contributed by atoms with E-state index in [0.29, 0.717) is 14.5 Å². The van der Waals surface area contributed by atoms with Crippen molar-refractivity contribution in [3.05, 3.63) is 68.6 Å². The van der Waals surface area contributed by atoms with Crippen LogP contribution < -0.4 is 5.32 Å². The first kappa shape index (κ1) is 17.1. The van der Waals surface area contributed by atoms with Gasteiger partial charge in [-0.1, -0.05) is 29.3 Å². The van der Waals surface area contributed by atoms with Crippen LogP contribution in [0.1, 0.15) is 18.5 Å². The zero-order chi connectivity index (χ0) is 18.8. The van der Waals surface area contributed by atoms with Gasteiger partial charge in [0.25, 0.3) is 0 Å². The molecule has 9 heteroatoms. The first-order valence-corrected chi connectivity index (χ1v) is 9.85. The van der Waals surface area contributed by atoms with Gasteiger partial charge < -0.3 is 5.32 Å². The summed E-state index contributed by atoms with van der Waals surface area (Å²) in [6, 6.07) is 7.48. The van der Waals surface area contributed by atoms with E-state index in [1.54, 1.807) is 6.20 Å². The summed E-state index contributed by atoms with van der Waals surface area (Å²) >= 11 is 13.9. The quantitative estimate of drug-likeness (QED) is 0.562. The van der Waals surface area contributed by atoms with Gasteiger partial charge in [0.15, 0.2) is 0 Å². The predicted molar refractivity (Wildman–Crippen MR) is 111 cm³/mol. The Hall–Kier alpha value is -2.06. The molecule has 0 saturated carbocycles. The van der Waals surface area contributed by atoms with E-state index in [1.165, 1.54) is 11.9 Å². The minimum absolute atomic E-state index is 0.175. The van der Waals surface area contributed by atoms with Crippen LogP contribution in [-0.4, -0.2) is 33.5 Å². The van der Waals surface area contributed by atoms with Crippen LogP contribution in [0, 0.1) is 0 Å². The van der Waals surface area contributed by atoms with Crippen LogP contribution in [0.2, 0.25) is 10.0 Å². The molecule has 1 aromatic carbocycles. The molecule has 5 rings (SSSR count). The van der Waals surface area contributed by atoms with Crippen molar-refractivity contribution in [2.75, 3.05) is 12.4 Å². The van der Waals surface area contributed by atoms with Crippen molar-refractivity contribution in [3.8, 4) is 0 Å². The molecule has 136 valence electrons. The highest BCUT2D eigenvalue weighted by Crippen LogP contribution is 2.44. The van der Waals surface area contributed by atoms with Crippen molar-refractivity contribution < 1.29 is 4.48 Å². The number of aliphatic imine (C=N–C) groups is 1. The molecule has 0 saturated heterocycles. The van der Waals surface area contributed by atoms with Crippen LogP contribution in [0.15, 0.2) is 62.4 Å². The van der Waals surface area contributed by atoms with Crippen LogP contribution in [0.25, 0.3) is 0 Å². The van der Waals surface area contributed by atoms with Gasteiger partial charge >= 0.3 is 0 Å². The number of anilines is 1. The Bertz CT molecular complexity index is 1100. The fourth-order valence-electron chi connectivity index (χ4n) is 3.66. The lowest BCUT2D eigenvalue weighted by Crippen LogP contribution is -2.46. The van der Waals surface area contributed by atoms with E-state index in [4.69, 9.17) is 28.2 Å². The third-order valence-corrected chi connectivity index (χ3v) is 6.64. The topological polar surface area (TPSA) is 54.6 Å². The number of rotatable bonds is 2. The number of fused-ring (bicyclic) bond motifs is 2. The van der Waals surface area contributed by atoms with Gasteiger partial charge in [0.1, 0.15) is 18.1 Å². The van der Waals surface area contributed by atoms with Gasteiger partial charge in [0.05, 0.1) is 40.8 Å². The number of nitrogens with one attached hydrogen (secondary N) is 1. The number of hydrogen-bond donors (Lipinski definition) is 1. The summed E-state index contributed by atoms with van der Waals surface area (Å²) < 4.78 is 6.78. The maximum atomic E-state index is 6.33. The van der Waals surface area contributed by atoms with Crippen molar-refractivity contribution in [2.24, 2.45) is 9.39 Å². The van der Waals surface area contributed by atoms with Crippen molar-refractivity contribution in [1.29, 1.82) is 0 Å². The van der Waals surface area contributed by atoms with Gasteiger partial charge in [-0.3, -0.25) is 0 Å². The zero-order valence-electron chi connectivity index (χ0n) is 14.5. The molecular weight excluding hydrogens is 403 g/mol. The maximum Gasteiger partial charge on any atom is 0.246 e. The van der Waals surface area contributed by atoms with E-state index in [0.717, 1.165) is 33.5 Å².